The Kier molecular flexibility index (Phi) is 6.20. The van der Waals surface area contributed by atoms with Crippen LogP contribution in [0.25, 0.3) is 0 Å². The van der Waals surface area contributed by atoms with Crippen molar-refractivity contribution in [2.75, 3.05) is 0 Å². The van der Waals surface area contributed by atoms with Crippen molar-refractivity contribution < 1.29 is 15.3 Å². The summed E-state index contributed by atoms with van der Waals surface area (Å²) in [5, 5.41) is 30.0. The first-order chi connectivity index (χ1) is 13.9. The summed E-state index contributed by atoms with van der Waals surface area (Å²) in [5.41, 5.74) is 5.13. The summed E-state index contributed by atoms with van der Waals surface area (Å²) in [6.07, 6.45) is 17.0. The van der Waals surface area contributed by atoms with E-state index in [0.717, 1.165) is 43.3 Å². The molecule has 160 valence electrons. The van der Waals surface area contributed by atoms with E-state index in [9.17, 15) is 15.3 Å². The molecule has 0 bridgehead atoms. The van der Waals surface area contributed by atoms with Crippen LogP contribution in [0.5, 0.6) is 0 Å². The molecule has 4 aliphatic carbocycles. The molecule has 0 heterocycles. The van der Waals surface area contributed by atoms with Crippen LogP contribution in [0, 0.1) is 17.3 Å². The number of allylic oxidation sites excluding steroid dienone is 4. The third kappa shape index (κ3) is 4.06. The van der Waals surface area contributed by atoms with Gasteiger partial charge in [-0.05, 0) is 105 Å². The van der Waals surface area contributed by atoms with Gasteiger partial charge in [-0.1, -0.05) is 37.3 Å². The predicted octanol–water partition coefficient (Wildman–Crippen LogP) is 4.99. The second kappa shape index (κ2) is 8.53. The molecule has 0 aromatic rings. The van der Waals surface area contributed by atoms with Crippen LogP contribution in [0.1, 0.15) is 77.6 Å². The molecule has 6 atom stereocenters. The van der Waals surface area contributed by atoms with Crippen molar-refractivity contribution in [1.82, 2.24) is 0 Å². The van der Waals surface area contributed by atoms with E-state index in [1.807, 2.05) is 0 Å². The Morgan fingerprint density at radius 3 is 2.55 bits per heavy atom. The highest BCUT2D eigenvalue weighted by molar-refractivity contribution is 5.37. The molecule has 0 amide bonds. The molecule has 0 radical (unpaired) electrons. The number of aliphatic hydroxyl groups excluding tert-OH is 3. The van der Waals surface area contributed by atoms with Gasteiger partial charge in [0.25, 0.3) is 0 Å². The first kappa shape index (κ1) is 21.1. The molecule has 0 spiro atoms. The molecule has 4 fully saturated rings. The molecular weight excluding hydrogens is 360 g/mol. The van der Waals surface area contributed by atoms with Crippen molar-refractivity contribution in [3.05, 3.63) is 47.1 Å². The fourth-order valence-corrected chi connectivity index (χ4v) is 6.55. The fraction of sp³-hybridized carbons (Fsp3) is 0.692. The maximum atomic E-state index is 10.1. The van der Waals surface area contributed by atoms with Gasteiger partial charge in [-0.2, -0.15) is 0 Å². The van der Waals surface area contributed by atoms with Crippen LogP contribution >= 0.6 is 0 Å². The normalized spacial score (nSPS) is 44.8. The Hall–Kier alpha value is -1.16. The van der Waals surface area contributed by atoms with Crippen LogP contribution < -0.4 is 0 Å². The average molecular weight is 399 g/mol. The fourth-order valence-electron chi connectivity index (χ4n) is 6.55. The molecule has 4 rings (SSSR count). The minimum atomic E-state index is -0.646. The lowest BCUT2D eigenvalue weighted by atomic mass is 9.63. The minimum Gasteiger partial charge on any atom is -0.390 e. The minimum absolute atomic E-state index is 0.338. The Labute approximate surface area is 175 Å². The van der Waals surface area contributed by atoms with E-state index >= 15 is 0 Å². The Balaban J connectivity index is 1.48. The van der Waals surface area contributed by atoms with Gasteiger partial charge < -0.3 is 15.3 Å². The summed E-state index contributed by atoms with van der Waals surface area (Å²) in [5.74, 6) is 1.31. The molecule has 4 saturated carbocycles. The van der Waals surface area contributed by atoms with Gasteiger partial charge in [0.1, 0.15) is 6.10 Å². The zero-order valence-electron chi connectivity index (χ0n) is 17.9. The first-order valence-electron chi connectivity index (χ1n) is 11.7. The molecule has 6 unspecified atom stereocenters. The summed E-state index contributed by atoms with van der Waals surface area (Å²) < 4.78 is 0. The number of rotatable bonds is 3. The number of aliphatic hydroxyl groups is 3. The molecule has 0 aliphatic heterocycles. The third-order valence-electron chi connectivity index (χ3n) is 8.54. The number of fused-ring (bicyclic) bond motifs is 1. The average Bonchev–Trinajstić information content (AvgIpc) is 3.21. The van der Waals surface area contributed by atoms with Crippen molar-refractivity contribution in [3.63, 3.8) is 0 Å². The third-order valence-corrected chi connectivity index (χ3v) is 8.54. The lowest BCUT2D eigenvalue weighted by Crippen LogP contribution is -2.33. The van der Waals surface area contributed by atoms with Gasteiger partial charge >= 0.3 is 0 Å². The molecule has 0 aromatic heterocycles. The maximum Gasteiger partial charge on any atom is 0.101 e. The van der Waals surface area contributed by atoms with Crippen molar-refractivity contribution in [1.29, 1.82) is 0 Å². The predicted molar refractivity (Wildman–Crippen MR) is 117 cm³/mol. The van der Waals surface area contributed by atoms with Crippen LogP contribution in [-0.2, 0) is 0 Å². The largest absolute Gasteiger partial charge is 0.390 e. The first-order valence-corrected chi connectivity index (χ1v) is 11.7. The lowest BCUT2D eigenvalue weighted by Gasteiger charge is -2.42. The van der Waals surface area contributed by atoms with Gasteiger partial charge in [-0.3, -0.25) is 0 Å². The summed E-state index contributed by atoms with van der Waals surface area (Å²) in [7, 11) is 0. The van der Waals surface area contributed by atoms with Crippen molar-refractivity contribution in [3.8, 4) is 0 Å². The monoisotopic (exact) mass is 398 g/mol. The molecule has 4 aliphatic rings. The van der Waals surface area contributed by atoms with Gasteiger partial charge in [-0.25, -0.2) is 0 Å². The summed E-state index contributed by atoms with van der Waals surface area (Å²) in [6.45, 7) is 6.60. The molecule has 29 heavy (non-hydrogen) atoms. The standard InChI is InChI=1S/C26H38O3/c1-17-18(5-3-7-23(17)27)8-9-19-6-4-16-26(2)21(13-14-22(19)26)12-10-20-11-15-24(28)25(20)29/h8-10,21-25,27-29H,1,3-7,11-16H2,2H3/b18-8-,19-9+,20-10+. The van der Waals surface area contributed by atoms with E-state index < -0.39 is 12.2 Å². The van der Waals surface area contributed by atoms with Crippen molar-refractivity contribution >= 4 is 0 Å². The second-order valence-electron chi connectivity index (χ2n) is 10.1. The number of hydrogen-bond donors (Lipinski definition) is 3. The van der Waals surface area contributed by atoms with Gasteiger partial charge in [0.05, 0.1) is 12.2 Å². The second-order valence-corrected chi connectivity index (χ2v) is 10.1. The molecule has 0 aromatic carbocycles. The Morgan fingerprint density at radius 1 is 0.966 bits per heavy atom. The van der Waals surface area contributed by atoms with E-state index in [-0.39, 0.29) is 6.10 Å². The van der Waals surface area contributed by atoms with Crippen molar-refractivity contribution in [2.45, 2.75) is 95.9 Å². The van der Waals surface area contributed by atoms with E-state index in [0.29, 0.717) is 23.7 Å². The van der Waals surface area contributed by atoms with E-state index in [4.69, 9.17) is 0 Å². The zero-order valence-corrected chi connectivity index (χ0v) is 17.9. The quantitative estimate of drug-likeness (QED) is 0.587. The van der Waals surface area contributed by atoms with E-state index in [1.54, 1.807) is 5.57 Å². The maximum absolute atomic E-state index is 10.1. The number of hydrogen-bond acceptors (Lipinski definition) is 3. The van der Waals surface area contributed by atoms with Gasteiger partial charge in [0.2, 0.25) is 0 Å². The smallest absolute Gasteiger partial charge is 0.101 e. The summed E-state index contributed by atoms with van der Waals surface area (Å²) in [4.78, 5) is 0. The Bertz CT molecular complexity index is 730. The van der Waals surface area contributed by atoms with E-state index in [1.165, 1.54) is 37.7 Å². The Morgan fingerprint density at radius 2 is 1.79 bits per heavy atom. The SMILES string of the molecule is C=C1/C(=C\C=C2/CCCC3(C)C(C/C=C4\CCC(O)C4O)CCC23)CCCC1O. The molecular formula is C26H38O3. The topological polar surface area (TPSA) is 60.7 Å². The highest BCUT2D eigenvalue weighted by atomic mass is 16.3. The van der Waals surface area contributed by atoms with Crippen LogP contribution in [0.2, 0.25) is 0 Å². The molecule has 3 N–H and O–H groups in total. The molecule has 0 saturated heterocycles. The lowest BCUT2D eigenvalue weighted by molar-refractivity contribution is 0.0599. The van der Waals surface area contributed by atoms with Crippen LogP contribution in [0.15, 0.2) is 47.1 Å². The van der Waals surface area contributed by atoms with E-state index in [2.05, 4.69) is 31.7 Å². The van der Waals surface area contributed by atoms with Gasteiger partial charge in [0, 0.05) is 0 Å². The van der Waals surface area contributed by atoms with Crippen LogP contribution in [-0.4, -0.2) is 33.6 Å². The van der Waals surface area contributed by atoms with Crippen LogP contribution in [0.3, 0.4) is 0 Å². The zero-order chi connectivity index (χ0) is 20.6. The molecule has 3 heteroatoms. The highest BCUT2D eigenvalue weighted by Gasteiger charge is 2.48. The highest BCUT2D eigenvalue weighted by Crippen LogP contribution is 2.58. The van der Waals surface area contributed by atoms with Crippen molar-refractivity contribution in [2.24, 2.45) is 17.3 Å². The van der Waals surface area contributed by atoms with Gasteiger partial charge in [-0.15, -0.1) is 0 Å². The van der Waals surface area contributed by atoms with Gasteiger partial charge in [0.15, 0.2) is 0 Å². The van der Waals surface area contributed by atoms with Crippen LogP contribution in [0.4, 0.5) is 0 Å². The summed E-state index contributed by atoms with van der Waals surface area (Å²) >= 11 is 0. The molecule has 3 nitrogen and oxygen atoms in total. The summed E-state index contributed by atoms with van der Waals surface area (Å²) in [6, 6.07) is 0.